The Hall–Kier alpha value is -2.53. The van der Waals surface area contributed by atoms with Gasteiger partial charge in [0.25, 0.3) is 10.1 Å². The average Bonchev–Trinajstić information content (AvgIpc) is 3.23. The Labute approximate surface area is 371 Å². The molecule has 0 aliphatic heterocycles. The summed E-state index contributed by atoms with van der Waals surface area (Å²) in [6, 6.07) is -1.32. The summed E-state index contributed by atoms with van der Waals surface area (Å²) in [7, 11) is -3.82. The standard InChI is InChI=1S/C42H85N7O12S/c43-36(41(54)48-24-16-14-20-37(44)42(55)49-27-30-60-32-33-61-35-40(53)47-26-29-59-31-28-50)19-13-15-23-45-39(52)22-18-25-46-38(51)21-12-10-8-6-4-2-1-3-5-7-9-11-17-34-62(56,57)58/h36-38,46,50-51H,1-35,43-44H2,(H,45,52)(H,47,53)(H,48,54)(H,49,55)(H,56,57,58)/t36-,37-,38?/m0/s1. The number of unbranched alkanes of at least 4 members (excludes halogenated alkanes) is 14. The van der Waals surface area contributed by atoms with Crippen LogP contribution in [0.5, 0.6) is 0 Å². The summed E-state index contributed by atoms with van der Waals surface area (Å²) in [6.45, 7) is 3.25. The van der Waals surface area contributed by atoms with Gasteiger partial charge in [0.2, 0.25) is 23.6 Å². The van der Waals surface area contributed by atoms with Gasteiger partial charge in [-0.05, 0) is 70.8 Å². The van der Waals surface area contributed by atoms with Crippen molar-refractivity contribution in [2.24, 2.45) is 11.5 Å². The molecule has 0 heterocycles. The molecule has 20 heteroatoms. The number of hydrogen-bond donors (Lipinski definition) is 10. The SMILES string of the molecule is N[C@@H](CCCCNC(=O)CCCNC(O)CCCCCCCCCCCCCCCS(=O)(=O)O)C(=O)NCCCC[C@H](N)C(=O)NCCOCCOCC(=O)NCCOCCO. The summed E-state index contributed by atoms with van der Waals surface area (Å²) in [5, 5.41) is 33.0. The second-order valence-electron chi connectivity index (χ2n) is 15.7. The van der Waals surface area contributed by atoms with Crippen LogP contribution in [0.15, 0.2) is 0 Å². The van der Waals surface area contributed by atoms with Crippen LogP contribution in [-0.4, -0.2) is 150 Å². The summed E-state index contributed by atoms with van der Waals surface area (Å²) in [6.07, 6.45) is 18.8. The highest BCUT2D eigenvalue weighted by Crippen LogP contribution is 2.13. The number of carbonyl (C=O) groups is 4. The van der Waals surface area contributed by atoms with E-state index in [1.807, 2.05) is 0 Å². The van der Waals surface area contributed by atoms with Crippen LogP contribution < -0.4 is 38.1 Å². The van der Waals surface area contributed by atoms with Gasteiger partial charge in [-0.25, -0.2) is 0 Å². The molecule has 366 valence electrons. The third-order valence-electron chi connectivity index (χ3n) is 9.97. The number of ether oxygens (including phenoxy) is 3. The lowest BCUT2D eigenvalue weighted by Crippen LogP contribution is -2.42. The highest BCUT2D eigenvalue weighted by Gasteiger charge is 2.15. The van der Waals surface area contributed by atoms with Crippen molar-refractivity contribution < 1.29 is 56.6 Å². The van der Waals surface area contributed by atoms with Crippen molar-refractivity contribution in [2.45, 2.75) is 160 Å². The Morgan fingerprint density at radius 3 is 1.52 bits per heavy atom. The zero-order valence-electron chi connectivity index (χ0n) is 37.6. The lowest BCUT2D eigenvalue weighted by atomic mass is 10.0. The van der Waals surface area contributed by atoms with E-state index < -0.39 is 28.4 Å². The van der Waals surface area contributed by atoms with Gasteiger partial charge in [0.05, 0.1) is 57.5 Å². The zero-order chi connectivity index (χ0) is 45.9. The van der Waals surface area contributed by atoms with Crippen LogP contribution in [0.2, 0.25) is 0 Å². The summed E-state index contributed by atoms with van der Waals surface area (Å²) >= 11 is 0. The number of rotatable bonds is 46. The first-order chi connectivity index (χ1) is 29.9. The largest absolute Gasteiger partial charge is 0.394 e. The van der Waals surface area contributed by atoms with Gasteiger partial charge in [0.15, 0.2) is 0 Å². The van der Waals surface area contributed by atoms with Crippen molar-refractivity contribution in [3.05, 3.63) is 0 Å². The minimum atomic E-state index is -3.82. The van der Waals surface area contributed by atoms with Crippen LogP contribution in [-0.2, 0) is 43.5 Å². The second kappa shape index (κ2) is 42.4. The monoisotopic (exact) mass is 912 g/mol. The van der Waals surface area contributed by atoms with Crippen molar-refractivity contribution in [3.8, 4) is 0 Å². The fourth-order valence-electron chi connectivity index (χ4n) is 6.33. The van der Waals surface area contributed by atoms with E-state index in [0.717, 1.165) is 38.5 Å². The van der Waals surface area contributed by atoms with Crippen molar-refractivity contribution in [1.82, 2.24) is 26.6 Å². The summed E-state index contributed by atoms with van der Waals surface area (Å²) < 4.78 is 45.8. The summed E-state index contributed by atoms with van der Waals surface area (Å²) in [5.74, 6) is -0.970. The number of hydrogen-bond acceptors (Lipinski definition) is 14. The number of aliphatic hydroxyl groups is 2. The quantitative estimate of drug-likeness (QED) is 0.0235. The van der Waals surface area contributed by atoms with Gasteiger partial charge in [-0.3, -0.25) is 29.0 Å². The minimum absolute atomic E-state index is 0.0415. The smallest absolute Gasteiger partial charge is 0.264 e. The predicted molar refractivity (Wildman–Crippen MR) is 240 cm³/mol. The molecule has 0 rings (SSSR count). The van der Waals surface area contributed by atoms with Crippen molar-refractivity contribution >= 4 is 33.7 Å². The van der Waals surface area contributed by atoms with Crippen LogP contribution in [0.3, 0.4) is 0 Å². The van der Waals surface area contributed by atoms with E-state index in [4.69, 9.17) is 35.3 Å². The Morgan fingerprint density at radius 2 is 0.952 bits per heavy atom. The molecule has 0 saturated heterocycles. The third kappa shape index (κ3) is 42.8. The first-order valence-electron chi connectivity index (χ1n) is 23.2. The van der Waals surface area contributed by atoms with Gasteiger partial charge >= 0.3 is 0 Å². The molecule has 1 unspecified atom stereocenters. The van der Waals surface area contributed by atoms with E-state index >= 15 is 0 Å². The van der Waals surface area contributed by atoms with Crippen LogP contribution >= 0.6 is 0 Å². The molecule has 0 bridgehead atoms. The number of aliphatic hydroxyl groups excluding tert-OH is 2. The molecule has 0 aromatic rings. The Morgan fingerprint density at radius 1 is 0.500 bits per heavy atom. The molecular weight excluding hydrogens is 827 g/mol. The fourth-order valence-corrected chi connectivity index (χ4v) is 6.90. The molecule has 0 aliphatic carbocycles. The Kier molecular flexibility index (Phi) is 40.7. The van der Waals surface area contributed by atoms with Crippen molar-refractivity contribution in [3.63, 3.8) is 0 Å². The maximum absolute atomic E-state index is 12.4. The van der Waals surface area contributed by atoms with Crippen LogP contribution in [0.25, 0.3) is 0 Å². The normalized spacial score (nSPS) is 13.0. The average molecular weight is 912 g/mol. The highest BCUT2D eigenvalue weighted by molar-refractivity contribution is 7.85. The zero-order valence-corrected chi connectivity index (χ0v) is 38.4. The maximum Gasteiger partial charge on any atom is 0.264 e. The molecule has 3 atom stereocenters. The summed E-state index contributed by atoms with van der Waals surface area (Å²) in [5.41, 5.74) is 12.0. The minimum Gasteiger partial charge on any atom is -0.394 e. The lowest BCUT2D eigenvalue weighted by Gasteiger charge is -2.14. The molecule has 0 spiro atoms. The molecule has 0 aromatic heterocycles. The molecule has 62 heavy (non-hydrogen) atoms. The molecule has 0 aliphatic rings. The van der Waals surface area contributed by atoms with Crippen molar-refractivity contribution in [2.75, 3.05) is 84.7 Å². The predicted octanol–water partition coefficient (Wildman–Crippen LogP) is 1.53. The molecular formula is C42H85N7O12S. The molecule has 12 N–H and O–H groups in total. The molecule has 4 amide bonds. The maximum atomic E-state index is 12.4. The van der Waals surface area contributed by atoms with Gasteiger partial charge in [-0.15, -0.1) is 0 Å². The molecule has 0 fully saturated rings. The van der Waals surface area contributed by atoms with Gasteiger partial charge in [0, 0.05) is 32.6 Å². The Balaban J connectivity index is 3.59. The number of carbonyl (C=O) groups excluding carboxylic acids is 4. The first-order valence-corrected chi connectivity index (χ1v) is 24.8. The van der Waals surface area contributed by atoms with Crippen molar-refractivity contribution in [1.29, 1.82) is 0 Å². The first kappa shape index (κ1) is 59.5. The van der Waals surface area contributed by atoms with E-state index in [0.29, 0.717) is 97.0 Å². The fraction of sp³-hybridized carbons (Fsp3) is 0.905. The van der Waals surface area contributed by atoms with Gasteiger partial charge < -0.3 is 57.2 Å². The van der Waals surface area contributed by atoms with Gasteiger partial charge in [0.1, 0.15) is 12.8 Å². The van der Waals surface area contributed by atoms with Gasteiger partial charge in [-0.2, -0.15) is 8.42 Å². The topological polar surface area (TPSA) is 303 Å². The molecule has 0 saturated carbocycles. The lowest BCUT2D eigenvalue weighted by molar-refractivity contribution is -0.126. The van der Waals surface area contributed by atoms with E-state index in [1.165, 1.54) is 38.5 Å². The molecule has 19 nitrogen and oxygen atoms in total. The van der Waals surface area contributed by atoms with Crippen LogP contribution in [0, 0.1) is 0 Å². The van der Waals surface area contributed by atoms with E-state index in [-0.39, 0.29) is 75.6 Å². The third-order valence-corrected chi connectivity index (χ3v) is 10.8. The number of nitrogens with one attached hydrogen (secondary N) is 5. The summed E-state index contributed by atoms with van der Waals surface area (Å²) in [4.78, 5) is 48.4. The van der Waals surface area contributed by atoms with E-state index in [9.17, 15) is 32.7 Å². The van der Waals surface area contributed by atoms with E-state index in [1.54, 1.807) is 0 Å². The van der Waals surface area contributed by atoms with E-state index in [2.05, 4.69) is 26.6 Å². The Bertz CT molecular complexity index is 1220. The van der Waals surface area contributed by atoms with Gasteiger partial charge in [-0.1, -0.05) is 70.6 Å². The molecule has 0 radical (unpaired) electrons. The molecule has 0 aromatic carbocycles. The van der Waals surface area contributed by atoms with Crippen LogP contribution in [0.4, 0.5) is 0 Å². The second-order valence-corrected chi connectivity index (χ2v) is 17.3. The van der Waals surface area contributed by atoms with Crippen LogP contribution in [0.1, 0.15) is 141 Å². The highest BCUT2D eigenvalue weighted by atomic mass is 32.2. The number of amides is 4. The number of nitrogens with two attached hydrogens (primary N) is 2.